The molecule has 0 aliphatic heterocycles. The summed E-state index contributed by atoms with van der Waals surface area (Å²) in [6.45, 7) is 6.03. The van der Waals surface area contributed by atoms with Crippen molar-refractivity contribution in [3.8, 4) is 11.5 Å². The zero-order valence-corrected chi connectivity index (χ0v) is 14.7. The zero-order chi connectivity index (χ0) is 18.2. The Labute approximate surface area is 147 Å². The van der Waals surface area contributed by atoms with Crippen LogP contribution < -0.4 is 10.1 Å². The summed E-state index contributed by atoms with van der Waals surface area (Å²) in [5, 5.41) is 2.80. The molecule has 6 nitrogen and oxygen atoms in total. The highest BCUT2D eigenvalue weighted by molar-refractivity contribution is 5.98. The van der Waals surface area contributed by atoms with Crippen molar-refractivity contribution in [2.75, 3.05) is 13.1 Å². The fourth-order valence-corrected chi connectivity index (χ4v) is 2.31. The van der Waals surface area contributed by atoms with E-state index in [2.05, 4.69) is 10.3 Å². The summed E-state index contributed by atoms with van der Waals surface area (Å²) in [4.78, 5) is 30.3. The van der Waals surface area contributed by atoms with Crippen LogP contribution in [-0.4, -0.2) is 40.8 Å². The first-order valence-corrected chi connectivity index (χ1v) is 8.26. The normalized spacial score (nSPS) is 10.4. The first-order valence-electron chi connectivity index (χ1n) is 8.26. The summed E-state index contributed by atoms with van der Waals surface area (Å²) in [7, 11) is 0. The highest BCUT2D eigenvalue weighted by Crippen LogP contribution is 2.25. The average Bonchev–Trinajstić information content (AvgIpc) is 2.60. The number of amides is 2. The Morgan fingerprint density at radius 3 is 2.60 bits per heavy atom. The molecule has 0 aliphatic rings. The number of rotatable bonds is 7. The molecule has 0 radical (unpaired) electrons. The lowest BCUT2D eigenvalue weighted by Gasteiger charge is -2.22. The SMILES string of the molecule is CCN(CC(=O)NC(C)C)C(=O)c1ccccc1Oc1cccnc1. The second kappa shape index (κ2) is 8.82. The number of para-hydroxylation sites is 1. The van der Waals surface area contributed by atoms with Crippen LogP contribution in [0.25, 0.3) is 0 Å². The van der Waals surface area contributed by atoms with Crippen LogP contribution in [0.4, 0.5) is 0 Å². The van der Waals surface area contributed by atoms with E-state index in [1.54, 1.807) is 48.8 Å². The molecule has 0 unspecified atom stereocenters. The third-order valence-corrected chi connectivity index (χ3v) is 3.43. The molecule has 0 spiro atoms. The van der Waals surface area contributed by atoms with E-state index in [1.807, 2.05) is 20.8 Å². The topological polar surface area (TPSA) is 71.5 Å². The van der Waals surface area contributed by atoms with Gasteiger partial charge in [-0.05, 0) is 45.0 Å². The second-order valence-corrected chi connectivity index (χ2v) is 5.83. The Morgan fingerprint density at radius 2 is 1.96 bits per heavy atom. The fraction of sp³-hybridized carbons (Fsp3) is 0.316. The first kappa shape index (κ1) is 18.4. The van der Waals surface area contributed by atoms with Crippen LogP contribution in [0.3, 0.4) is 0 Å². The fourth-order valence-electron chi connectivity index (χ4n) is 2.31. The lowest BCUT2D eigenvalue weighted by Crippen LogP contribution is -2.42. The average molecular weight is 341 g/mol. The molecule has 2 aromatic rings. The van der Waals surface area contributed by atoms with Gasteiger partial charge in [-0.15, -0.1) is 0 Å². The van der Waals surface area contributed by atoms with Crippen molar-refractivity contribution in [2.24, 2.45) is 0 Å². The lowest BCUT2D eigenvalue weighted by molar-refractivity contribution is -0.122. The van der Waals surface area contributed by atoms with Gasteiger partial charge >= 0.3 is 0 Å². The van der Waals surface area contributed by atoms with Crippen LogP contribution in [0.15, 0.2) is 48.8 Å². The Balaban J connectivity index is 2.18. The number of nitrogens with one attached hydrogen (secondary N) is 1. The number of likely N-dealkylation sites (N-methyl/N-ethyl adjacent to an activating group) is 1. The van der Waals surface area contributed by atoms with Gasteiger partial charge in [0, 0.05) is 18.8 Å². The number of aromatic nitrogens is 1. The van der Waals surface area contributed by atoms with Crippen molar-refractivity contribution in [2.45, 2.75) is 26.8 Å². The van der Waals surface area contributed by atoms with Gasteiger partial charge in [0.15, 0.2) is 0 Å². The van der Waals surface area contributed by atoms with Crippen LogP contribution in [0.1, 0.15) is 31.1 Å². The van der Waals surface area contributed by atoms with Gasteiger partial charge < -0.3 is 15.0 Å². The number of nitrogens with zero attached hydrogens (tertiary/aromatic N) is 2. The highest BCUT2D eigenvalue weighted by Gasteiger charge is 2.21. The van der Waals surface area contributed by atoms with Crippen LogP contribution >= 0.6 is 0 Å². The molecule has 1 aromatic heterocycles. The molecule has 6 heteroatoms. The van der Waals surface area contributed by atoms with Gasteiger partial charge in [0.1, 0.15) is 11.5 Å². The third-order valence-electron chi connectivity index (χ3n) is 3.43. The largest absolute Gasteiger partial charge is 0.455 e. The van der Waals surface area contributed by atoms with Gasteiger partial charge in [0.25, 0.3) is 5.91 Å². The van der Waals surface area contributed by atoms with Gasteiger partial charge in [0.2, 0.25) is 5.91 Å². The van der Waals surface area contributed by atoms with E-state index < -0.39 is 0 Å². The second-order valence-electron chi connectivity index (χ2n) is 5.83. The molecule has 0 atom stereocenters. The lowest BCUT2D eigenvalue weighted by atomic mass is 10.1. The molecule has 0 aliphatic carbocycles. The number of benzene rings is 1. The maximum atomic E-state index is 12.9. The molecule has 0 saturated heterocycles. The van der Waals surface area contributed by atoms with Crippen molar-refractivity contribution in [3.63, 3.8) is 0 Å². The smallest absolute Gasteiger partial charge is 0.258 e. The van der Waals surface area contributed by atoms with Crippen LogP contribution in [0.2, 0.25) is 0 Å². The molecular weight excluding hydrogens is 318 g/mol. The van der Waals surface area contributed by atoms with Crippen LogP contribution in [0.5, 0.6) is 11.5 Å². The molecule has 2 amide bonds. The molecule has 132 valence electrons. The Hall–Kier alpha value is -2.89. The van der Waals surface area contributed by atoms with Gasteiger partial charge in [0.05, 0.1) is 18.3 Å². The van der Waals surface area contributed by atoms with Crippen LogP contribution in [-0.2, 0) is 4.79 Å². The standard InChI is InChI=1S/C19H23N3O3/c1-4-22(13-18(23)21-14(2)3)19(24)16-9-5-6-10-17(16)25-15-8-7-11-20-12-15/h5-12,14H,4,13H2,1-3H3,(H,21,23). The summed E-state index contributed by atoms with van der Waals surface area (Å²) in [5.41, 5.74) is 0.408. The van der Waals surface area contributed by atoms with E-state index in [4.69, 9.17) is 4.74 Å². The van der Waals surface area contributed by atoms with Gasteiger partial charge in [-0.2, -0.15) is 0 Å². The van der Waals surface area contributed by atoms with E-state index in [1.165, 1.54) is 4.90 Å². The number of hydrogen-bond donors (Lipinski definition) is 1. The van der Waals surface area contributed by atoms with Crippen LogP contribution in [0, 0.1) is 0 Å². The van der Waals surface area contributed by atoms with E-state index in [-0.39, 0.29) is 24.4 Å². The molecule has 0 bridgehead atoms. The van der Waals surface area contributed by atoms with Gasteiger partial charge in [-0.25, -0.2) is 0 Å². The molecule has 0 saturated carbocycles. The van der Waals surface area contributed by atoms with Crippen molar-refractivity contribution in [1.29, 1.82) is 0 Å². The predicted molar refractivity (Wildman–Crippen MR) is 95.6 cm³/mol. The minimum absolute atomic E-state index is 0.00867. The van der Waals surface area contributed by atoms with Gasteiger partial charge in [-0.1, -0.05) is 12.1 Å². The number of ether oxygens (including phenoxy) is 1. The van der Waals surface area contributed by atoms with Crippen molar-refractivity contribution in [3.05, 3.63) is 54.4 Å². The summed E-state index contributed by atoms with van der Waals surface area (Å²) >= 11 is 0. The van der Waals surface area contributed by atoms with Crippen molar-refractivity contribution >= 4 is 11.8 Å². The molecular formula is C19H23N3O3. The summed E-state index contributed by atoms with van der Waals surface area (Å²) < 4.78 is 5.78. The van der Waals surface area contributed by atoms with E-state index in [0.29, 0.717) is 23.6 Å². The molecule has 1 N–H and O–H groups in total. The summed E-state index contributed by atoms with van der Waals surface area (Å²) in [6, 6.07) is 10.5. The first-order chi connectivity index (χ1) is 12.0. The van der Waals surface area contributed by atoms with Crippen molar-refractivity contribution in [1.82, 2.24) is 15.2 Å². The maximum Gasteiger partial charge on any atom is 0.258 e. The van der Waals surface area contributed by atoms with Gasteiger partial charge in [-0.3, -0.25) is 14.6 Å². The molecule has 0 fully saturated rings. The number of carbonyl (C=O) groups excluding carboxylic acids is 2. The number of carbonyl (C=O) groups is 2. The Morgan fingerprint density at radius 1 is 1.20 bits per heavy atom. The van der Waals surface area contributed by atoms with E-state index in [9.17, 15) is 9.59 Å². The van der Waals surface area contributed by atoms with E-state index >= 15 is 0 Å². The Bertz CT molecular complexity index is 717. The number of hydrogen-bond acceptors (Lipinski definition) is 4. The molecule has 25 heavy (non-hydrogen) atoms. The minimum atomic E-state index is -0.249. The Kier molecular flexibility index (Phi) is 6.51. The molecule has 1 heterocycles. The minimum Gasteiger partial charge on any atom is -0.455 e. The molecule has 2 rings (SSSR count). The third kappa shape index (κ3) is 5.31. The maximum absolute atomic E-state index is 12.9. The predicted octanol–water partition coefficient (Wildman–Crippen LogP) is 2.86. The number of pyridine rings is 1. The van der Waals surface area contributed by atoms with Crippen molar-refractivity contribution < 1.29 is 14.3 Å². The zero-order valence-electron chi connectivity index (χ0n) is 14.7. The summed E-state index contributed by atoms with van der Waals surface area (Å²) in [5.74, 6) is 0.545. The quantitative estimate of drug-likeness (QED) is 0.840. The van der Waals surface area contributed by atoms with E-state index in [0.717, 1.165) is 0 Å². The summed E-state index contributed by atoms with van der Waals surface area (Å²) in [6.07, 6.45) is 3.23. The molecule has 1 aromatic carbocycles. The monoisotopic (exact) mass is 341 g/mol. The highest BCUT2D eigenvalue weighted by atomic mass is 16.5.